The fourth-order valence-electron chi connectivity index (χ4n) is 3.30. The molecule has 0 radical (unpaired) electrons. The maximum Gasteiger partial charge on any atom is 0.245 e. The first kappa shape index (κ1) is 24.2. The van der Waals surface area contributed by atoms with Gasteiger partial charge in [-0.15, -0.1) is 11.3 Å². The molecule has 4 rings (SSSR count). The third-order valence-corrected chi connectivity index (χ3v) is 8.32. The van der Waals surface area contributed by atoms with Crippen molar-refractivity contribution in [3.63, 3.8) is 0 Å². The molecule has 12 heteroatoms. The van der Waals surface area contributed by atoms with E-state index in [2.05, 4.69) is 20.6 Å². The first-order valence-electron chi connectivity index (χ1n) is 10.6. The Kier molecular flexibility index (Phi) is 7.19. The molecule has 1 saturated carbocycles. The third kappa shape index (κ3) is 5.75. The number of aromatic nitrogens is 2. The van der Waals surface area contributed by atoms with Crippen molar-refractivity contribution < 1.29 is 27.1 Å². The number of hydrogen-bond acceptors (Lipinski definition) is 8. The molecule has 1 aliphatic carbocycles. The number of nitrogens with one attached hydrogen (secondary N) is 2. The van der Waals surface area contributed by atoms with Gasteiger partial charge >= 0.3 is 0 Å². The molecule has 1 aromatic carbocycles. The second kappa shape index (κ2) is 10.1. The zero-order valence-corrected chi connectivity index (χ0v) is 19.9. The van der Waals surface area contributed by atoms with Crippen LogP contribution in [0.4, 0.5) is 4.39 Å². The van der Waals surface area contributed by atoms with Crippen molar-refractivity contribution in [3.05, 3.63) is 47.4 Å². The second-order valence-corrected chi connectivity index (χ2v) is 11.1. The van der Waals surface area contributed by atoms with Crippen LogP contribution < -0.4 is 10.6 Å². The lowest BCUT2D eigenvalue weighted by molar-refractivity contribution is -0.126. The summed E-state index contributed by atoms with van der Waals surface area (Å²) in [5.41, 5.74) is 1.46. The van der Waals surface area contributed by atoms with Gasteiger partial charge in [-0.25, -0.2) is 18.4 Å². The minimum Gasteiger partial charge on any atom is -0.384 e. The molecule has 0 bridgehead atoms. The summed E-state index contributed by atoms with van der Waals surface area (Å²) in [5, 5.41) is 3.65. The van der Waals surface area contributed by atoms with Crippen molar-refractivity contribution in [2.75, 3.05) is 26.0 Å². The molecule has 1 atom stereocenters. The number of thiazole rings is 1. The van der Waals surface area contributed by atoms with Gasteiger partial charge in [-0.2, -0.15) is 4.39 Å². The Hall–Kier alpha value is -2.96. The molecule has 1 unspecified atom stereocenters. The molecule has 2 N–H and O–H groups in total. The van der Waals surface area contributed by atoms with Crippen molar-refractivity contribution in [3.8, 4) is 11.3 Å². The summed E-state index contributed by atoms with van der Waals surface area (Å²) < 4.78 is 45.2. The maximum absolute atomic E-state index is 13.5. The minimum atomic E-state index is -3.99. The van der Waals surface area contributed by atoms with E-state index in [1.54, 1.807) is 24.3 Å². The highest BCUT2D eigenvalue weighted by molar-refractivity contribution is 7.92. The van der Waals surface area contributed by atoms with Gasteiger partial charge in [-0.3, -0.25) is 9.59 Å². The molecule has 180 valence electrons. The number of halogens is 1. The summed E-state index contributed by atoms with van der Waals surface area (Å²) in [6.45, 7) is -0.416. The standard InChI is InChI=1S/C22H23FN4O5S2/c1-32-9-10-34(30,31)20(21(29)24-12-19(28)25-14-6-7-14)22-27-16-11-13(5-8-17(16)33-22)15-3-2-4-18(23)26-15/h2-5,8,11,14,20H,6-7,9-10,12H2,1H3,(H,24,29)(H,25,28). The van der Waals surface area contributed by atoms with Crippen LogP contribution in [0.2, 0.25) is 0 Å². The van der Waals surface area contributed by atoms with Gasteiger partial charge in [-0.1, -0.05) is 12.1 Å². The summed E-state index contributed by atoms with van der Waals surface area (Å²) >= 11 is 1.07. The Morgan fingerprint density at radius 2 is 2.03 bits per heavy atom. The highest BCUT2D eigenvalue weighted by Crippen LogP contribution is 2.33. The zero-order chi connectivity index (χ0) is 24.3. The lowest BCUT2D eigenvalue weighted by Gasteiger charge is -2.15. The van der Waals surface area contributed by atoms with E-state index in [0.717, 1.165) is 24.2 Å². The number of fused-ring (bicyclic) bond motifs is 1. The first-order chi connectivity index (χ1) is 16.3. The summed E-state index contributed by atoms with van der Waals surface area (Å²) in [6, 6.07) is 9.66. The largest absolute Gasteiger partial charge is 0.384 e. The van der Waals surface area contributed by atoms with Gasteiger partial charge < -0.3 is 15.4 Å². The number of carbonyl (C=O) groups is 2. The van der Waals surface area contributed by atoms with Gasteiger partial charge in [0.05, 0.1) is 34.8 Å². The quantitative estimate of drug-likeness (QED) is 0.403. The molecule has 9 nitrogen and oxygen atoms in total. The molecule has 1 fully saturated rings. The van der Waals surface area contributed by atoms with Crippen molar-refractivity contribution in [1.82, 2.24) is 20.6 Å². The molecular weight excluding hydrogens is 483 g/mol. The van der Waals surface area contributed by atoms with Crippen LogP contribution in [0.25, 0.3) is 21.5 Å². The predicted molar refractivity (Wildman–Crippen MR) is 125 cm³/mol. The first-order valence-corrected chi connectivity index (χ1v) is 13.1. The van der Waals surface area contributed by atoms with E-state index in [4.69, 9.17) is 4.74 Å². The molecule has 0 spiro atoms. The molecule has 2 amide bonds. The predicted octanol–water partition coefficient (Wildman–Crippen LogP) is 1.99. The van der Waals surface area contributed by atoms with Crippen LogP contribution in [0.5, 0.6) is 0 Å². The van der Waals surface area contributed by atoms with E-state index >= 15 is 0 Å². The molecule has 2 aromatic heterocycles. The van der Waals surface area contributed by atoms with Crippen LogP contribution in [-0.2, 0) is 24.2 Å². The highest BCUT2D eigenvalue weighted by atomic mass is 32.2. The van der Waals surface area contributed by atoms with Crippen molar-refractivity contribution >= 4 is 43.2 Å². The van der Waals surface area contributed by atoms with E-state index in [-0.39, 0.29) is 35.9 Å². The molecule has 0 aliphatic heterocycles. The average molecular weight is 507 g/mol. The van der Waals surface area contributed by atoms with Gasteiger partial charge in [0, 0.05) is 18.7 Å². The van der Waals surface area contributed by atoms with Crippen molar-refractivity contribution in [1.29, 1.82) is 0 Å². The SMILES string of the molecule is COCCS(=O)(=O)C(C(=O)NCC(=O)NC1CC1)c1nc2cc(-c3cccc(F)n3)ccc2s1. The minimum absolute atomic E-state index is 0.0792. The molecule has 0 saturated heterocycles. The average Bonchev–Trinajstić information content (AvgIpc) is 3.51. The summed E-state index contributed by atoms with van der Waals surface area (Å²) in [6.07, 6.45) is 1.79. The number of nitrogens with zero attached hydrogens (tertiary/aromatic N) is 2. The fourth-order valence-corrected chi connectivity index (χ4v) is 6.22. The van der Waals surface area contributed by atoms with Crippen molar-refractivity contribution in [2.24, 2.45) is 0 Å². The lowest BCUT2D eigenvalue weighted by atomic mass is 10.1. The third-order valence-electron chi connectivity index (χ3n) is 5.17. The van der Waals surface area contributed by atoms with Crippen LogP contribution in [0.3, 0.4) is 0 Å². The summed E-state index contributed by atoms with van der Waals surface area (Å²) in [5.74, 6) is -2.21. The summed E-state index contributed by atoms with van der Waals surface area (Å²) in [4.78, 5) is 33.2. The number of hydrogen-bond donors (Lipinski definition) is 2. The molecule has 3 aromatic rings. The van der Waals surface area contributed by atoms with Crippen molar-refractivity contribution in [2.45, 2.75) is 24.1 Å². The van der Waals surface area contributed by atoms with E-state index in [1.807, 2.05) is 0 Å². The highest BCUT2D eigenvalue weighted by Gasteiger charge is 2.37. The fraction of sp³-hybridized carbons (Fsp3) is 0.364. The monoisotopic (exact) mass is 506 g/mol. The number of rotatable bonds is 10. The van der Waals surface area contributed by atoms with E-state index in [1.165, 1.54) is 19.2 Å². The number of sulfone groups is 1. The number of carbonyl (C=O) groups excluding carboxylic acids is 2. The van der Waals surface area contributed by atoms with Gasteiger partial charge in [-0.05, 0) is 37.1 Å². The second-order valence-electron chi connectivity index (χ2n) is 7.88. The van der Waals surface area contributed by atoms with E-state index < -0.39 is 26.9 Å². The molecular formula is C22H23FN4O5S2. The zero-order valence-electron chi connectivity index (χ0n) is 18.3. The Morgan fingerprint density at radius 3 is 2.74 bits per heavy atom. The van der Waals surface area contributed by atoms with Crippen LogP contribution >= 0.6 is 11.3 Å². The van der Waals surface area contributed by atoms with Crippen LogP contribution in [0, 0.1) is 5.95 Å². The van der Waals surface area contributed by atoms with Crippen LogP contribution in [0.1, 0.15) is 23.1 Å². The number of ether oxygens (including phenoxy) is 1. The van der Waals surface area contributed by atoms with E-state index in [9.17, 15) is 22.4 Å². The smallest absolute Gasteiger partial charge is 0.245 e. The summed E-state index contributed by atoms with van der Waals surface area (Å²) in [7, 11) is -2.63. The van der Waals surface area contributed by atoms with E-state index in [0.29, 0.717) is 21.5 Å². The Bertz CT molecular complexity index is 1320. The molecule has 2 heterocycles. The Balaban J connectivity index is 1.63. The number of amides is 2. The maximum atomic E-state index is 13.5. The number of benzene rings is 1. The normalized spacial score (nSPS) is 14.6. The Labute approximate surface area is 199 Å². The van der Waals surface area contributed by atoms with Gasteiger partial charge in [0.2, 0.25) is 17.8 Å². The lowest BCUT2D eigenvalue weighted by Crippen LogP contribution is -2.41. The Morgan fingerprint density at radius 1 is 1.24 bits per heavy atom. The van der Waals surface area contributed by atoms with Crippen LogP contribution in [-0.4, -0.2) is 62.3 Å². The van der Waals surface area contributed by atoms with Gasteiger partial charge in [0.25, 0.3) is 0 Å². The number of pyridine rings is 1. The molecule has 34 heavy (non-hydrogen) atoms. The van der Waals surface area contributed by atoms with Gasteiger partial charge in [0.1, 0.15) is 5.01 Å². The number of methoxy groups -OCH3 is 1. The topological polar surface area (TPSA) is 127 Å². The van der Waals surface area contributed by atoms with Gasteiger partial charge in [0.15, 0.2) is 15.1 Å². The van der Waals surface area contributed by atoms with Crippen LogP contribution in [0.15, 0.2) is 36.4 Å². The molecule has 1 aliphatic rings.